The van der Waals surface area contributed by atoms with Crippen LogP contribution in [-0.2, 0) is 9.53 Å². The fraction of sp³-hybridized carbons (Fsp3) is 0.556. The van der Waals surface area contributed by atoms with Gasteiger partial charge in [0.2, 0.25) is 5.91 Å². The summed E-state index contributed by atoms with van der Waals surface area (Å²) in [5, 5.41) is 8.99. The van der Waals surface area contributed by atoms with Gasteiger partial charge in [0.15, 0.2) is 5.96 Å². The molecule has 8 heteroatoms. The van der Waals surface area contributed by atoms with Gasteiger partial charge in [0.1, 0.15) is 0 Å². The molecule has 26 heavy (non-hydrogen) atoms. The van der Waals surface area contributed by atoms with Crippen molar-refractivity contribution >= 4 is 41.5 Å². The standard InChI is InChI=1S/C18H31N5O2.HI/c1-5-23(16-8-6-7-15(2)13-16)11-9-21-18(19-3)22-14-17(24)20-10-12-25-4;/h6-8,13H,5,9-12,14H2,1-4H3,(H,20,24)(H2,19,21,22);1H. The Bertz CT molecular complexity index is 554. The summed E-state index contributed by atoms with van der Waals surface area (Å²) in [6.45, 7) is 7.93. The van der Waals surface area contributed by atoms with Gasteiger partial charge < -0.3 is 25.6 Å². The van der Waals surface area contributed by atoms with Crippen molar-refractivity contribution in [2.45, 2.75) is 13.8 Å². The minimum absolute atomic E-state index is 0. The number of nitrogens with zero attached hydrogens (tertiary/aromatic N) is 2. The topological polar surface area (TPSA) is 78.0 Å². The number of nitrogens with one attached hydrogen (secondary N) is 3. The lowest BCUT2D eigenvalue weighted by atomic mass is 10.2. The first-order chi connectivity index (χ1) is 12.1. The zero-order valence-electron chi connectivity index (χ0n) is 16.2. The molecule has 0 radical (unpaired) electrons. The van der Waals surface area contributed by atoms with Gasteiger partial charge in [-0.15, -0.1) is 24.0 Å². The Labute approximate surface area is 174 Å². The number of carbonyl (C=O) groups excluding carboxylic acids is 1. The predicted octanol–water partition coefficient (Wildman–Crippen LogP) is 1.37. The SMILES string of the molecule is CCN(CCNC(=NC)NCC(=O)NCCOC)c1cccc(C)c1.I. The number of likely N-dealkylation sites (N-methyl/N-ethyl adjacent to an activating group) is 1. The molecular weight excluding hydrogens is 445 g/mol. The molecule has 1 aromatic carbocycles. The number of carbonyl (C=O) groups is 1. The second-order valence-electron chi connectivity index (χ2n) is 5.61. The maximum absolute atomic E-state index is 11.7. The molecule has 0 bridgehead atoms. The minimum Gasteiger partial charge on any atom is -0.383 e. The van der Waals surface area contributed by atoms with Crippen LogP contribution in [0, 0.1) is 6.92 Å². The monoisotopic (exact) mass is 477 g/mol. The van der Waals surface area contributed by atoms with Crippen LogP contribution in [0.5, 0.6) is 0 Å². The lowest BCUT2D eigenvalue weighted by Gasteiger charge is -2.24. The van der Waals surface area contributed by atoms with Crippen LogP contribution in [0.15, 0.2) is 29.3 Å². The van der Waals surface area contributed by atoms with E-state index in [0.29, 0.717) is 19.1 Å². The lowest BCUT2D eigenvalue weighted by molar-refractivity contribution is -0.120. The zero-order chi connectivity index (χ0) is 18.5. The summed E-state index contributed by atoms with van der Waals surface area (Å²) in [6.07, 6.45) is 0. The maximum Gasteiger partial charge on any atom is 0.239 e. The highest BCUT2D eigenvalue weighted by atomic mass is 127. The van der Waals surface area contributed by atoms with Crippen molar-refractivity contribution in [1.29, 1.82) is 0 Å². The minimum atomic E-state index is -0.0880. The van der Waals surface area contributed by atoms with E-state index in [4.69, 9.17) is 4.74 Å². The van der Waals surface area contributed by atoms with Crippen molar-refractivity contribution < 1.29 is 9.53 Å². The number of guanidine groups is 1. The fourth-order valence-electron chi connectivity index (χ4n) is 2.34. The van der Waals surface area contributed by atoms with Gasteiger partial charge in [0.05, 0.1) is 13.2 Å². The number of amides is 1. The molecule has 1 amide bonds. The van der Waals surface area contributed by atoms with E-state index in [-0.39, 0.29) is 36.4 Å². The van der Waals surface area contributed by atoms with Crippen LogP contribution in [0.4, 0.5) is 5.69 Å². The average Bonchev–Trinajstić information content (AvgIpc) is 2.61. The molecule has 148 valence electrons. The van der Waals surface area contributed by atoms with E-state index in [9.17, 15) is 4.79 Å². The summed E-state index contributed by atoms with van der Waals surface area (Å²) >= 11 is 0. The molecule has 0 aliphatic carbocycles. The van der Waals surface area contributed by atoms with Crippen LogP contribution in [0.2, 0.25) is 0 Å². The quantitative estimate of drug-likeness (QED) is 0.205. The molecule has 0 aliphatic rings. The first kappa shape index (κ1) is 24.5. The molecule has 0 spiro atoms. The summed E-state index contributed by atoms with van der Waals surface area (Å²) < 4.78 is 4.89. The van der Waals surface area contributed by atoms with Crippen LogP contribution in [0.3, 0.4) is 0 Å². The number of aliphatic imine (C=N–C) groups is 1. The van der Waals surface area contributed by atoms with Gasteiger partial charge in [0, 0.05) is 46.0 Å². The molecule has 0 saturated heterocycles. The summed E-state index contributed by atoms with van der Waals surface area (Å²) in [6, 6.07) is 8.47. The number of hydrogen-bond acceptors (Lipinski definition) is 4. The maximum atomic E-state index is 11.7. The third-order valence-corrected chi connectivity index (χ3v) is 3.69. The Morgan fingerprint density at radius 2 is 2.00 bits per heavy atom. The van der Waals surface area contributed by atoms with E-state index in [1.54, 1.807) is 14.2 Å². The molecule has 0 aliphatic heterocycles. The van der Waals surface area contributed by atoms with Crippen LogP contribution < -0.4 is 20.9 Å². The summed E-state index contributed by atoms with van der Waals surface area (Å²) in [5.41, 5.74) is 2.46. The molecular formula is C18H32IN5O2. The zero-order valence-corrected chi connectivity index (χ0v) is 18.5. The molecule has 0 heterocycles. The van der Waals surface area contributed by atoms with Crippen molar-refractivity contribution in [3.05, 3.63) is 29.8 Å². The van der Waals surface area contributed by atoms with Gasteiger partial charge in [-0.05, 0) is 31.5 Å². The normalized spacial score (nSPS) is 10.7. The predicted molar refractivity (Wildman–Crippen MR) is 119 cm³/mol. The van der Waals surface area contributed by atoms with E-state index >= 15 is 0 Å². The van der Waals surface area contributed by atoms with Crippen molar-refractivity contribution in [3.63, 3.8) is 0 Å². The van der Waals surface area contributed by atoms with Crippen LogP contribution in [0.1, 0.15) is 12.5 Å². The Morgan fingerprint density at radius 1 is 1.23 bits per heavy atom. The Balaban J connectivity index is 0.00000625. The van der Waals surface area contributed by atoms with E-state index in [0.717, 1.165) is 19.6 Å². The van der Waals surface area contributed by atoms with Gasteiger partial charge >= 0.3 is 0 Å². The van der Waals surface area contributed by atoms with Gasteiger partial charge in [-0.25, -0.2) is 0 Å². The third-order valence-electron chi connectivity index (χ3n) is 3.69. The number of ether oxygens (including phenoxy) is 1. The molecule has 1 aromatic rings. The fourth-order valence-corrected chi connectivity index (χ4v) is 2.34. The average molecular weight is 477 g/mol. The first-order valence-corrected chi connectivity index (χ1v) is 8.62. The van der Waals surface area contributed by atoms with Gasteiger partial charge in [-0.2, -0.15) is 0 Å². The van der Waals surface area contributed by atoms with Crippen LogP contribution >= 0.6 is 24.0 Å². The number of anilines is 1. The summed E-state index contributed by atoms with van der Waals surface area (Å²) in [7, 11) is 3.29. The van der Waals surface area contributed by atoms with E-state index in [2.05, 4.69) is 64.0 Å². The van der Waals surface area contributed by atoms with Crippen molar-refractivity contribution in [3.8, 4) is 0 Å². The Morgan fingerprint density at radius 3 is 2.62 bits per heavy atom. The summed E-state index contributed by atoms with van der Waals surface area (Å²) in [5.74, 6) is 0.525. The molecule has 0 aromatic heterocycles. The highest BCUT2D eigenvalue weighted by Crippen LogP contribution is 2.14. The summed E-state index contributed by atoms with van der Waals surface area (Å²) in [4.78, 5) is 18.1. The molecule has 0 saturated carbocycles. The highest BCUT2D eigenvalue weighted by molar-refractivity contribution is 14.0. The molecule has 3 N–H and O–H groups in total. The van der Waals surface area contributed by atoms with E-state index < -0.39 is 0 Å². The van der Waals surface area contributed by atoms with Crippen molar-refractivity contribution in [2.75, 3.05) is 58.4 Å². The number of methoxy groups -OCH3 is 1. The molecule has 7 nitrogen and oxygen atoms in total. The first-order valence-electron chi connectivity index (χ1n) is 8.62. The van der Waals surface area contributed by atoms with Crippen molar-refractivity contribution in [1.82, 2.24) is 16.0 Å². The number of hydrogen-bond donors (Lipinski definition) is 3. The number of halogens is 1. The highest BCUT2D eigenvalue weighted by Gasteiger charge is 2.06. The number of benzene rings is 1. The number of rotatable bonds is 10. The Kier molecular flexibility index (Phi) is 13.7. The van der Waals surface area contributed by atoms with E-state index in [1.165, 1.54) is 11.3 Å². The van der Waals surface area contributed by atoms with Gasteiger partial charge in [0.25, 0.3) is 0 Å². The largest absolute Gasteiger partial charge is 0.383 e. The smallest absolute Gasteiger partial charge is 0.239 e. The van der Waals surface area contributed by atoms with Crippen LogP contribution in [-0.4, -0.2) is 65.4 Å². The van der Waals surface area contributed by atoms with Crippen molar-refractivity contribution in [2.24, 2.45) is 4.99 Å². The second-order valence-corrected chi connectivity index (χ2v) is 5.61. The lowest BCUT2D eigenvalue weighted by Crippen LogP contribution is -2.45. The Hall–Kier alpha value is -1.55. The van der Waals surface area contributed by atoms with Gasteiger partial charge in [-0.3, -0.25) is 9.79 Å². The van der Waals surface area contributed by atoms with E-state index in [1.807, 2.05) is 0 Å². The van der Waals surface area contributed by atoms with Gasteiger partial charge in [-0.1, -0.05) is 12.1 Å². The molecule has 0 atom stereocenters. The molecule has 0 unspecified atom stereocenters. The molecule has 0 fully saturated rings. The number of aryl methyl sites for hydroxylation is 1. The molecule has 1 rings (SSSR count). The van der Waals surface area contributed by atoms with Crippen LogP contribution in [0.25, 0.3) is 0 Å². The third kappa shape index (κ3) is 9.81. The second kappa shape index (κ2) is 14.6.